The molecule has 3 nitrogen and oxygen atoms in total. The van der Waals surface area contributed by atoms with Crippen molar-refractivity contribution in [2.75, 3.05) is 13.2 Å². The molecule has 0 aliphatic heterocycles. The van der Waals surface area contributed by atoms with Crippen molar-refractivity contribution >= 4 is 38.9 Å². The van der Waals surface area contributed by atoms with Gasteiger partial charge in [0.2, 0.25) is 0 Å². The van der Waals surface area contributed by atoms with Crippen LogP contribution in [0.2, 0.25) is 5.02 Å². The predicted octanol–water partition coefficient (Wildman–Crippen LogP) is 4.50. The van der Waals surface area contributed by atoms with E-state index in [1.165, 1.54) is 17.4 Å². The summed E-state index contributed by atoms with van der Waals surface area (Å²) in [5.41, 5.74) is 0. The van der Waals surface area contributed by atoms with Crippen molar-refractivity contribution in [2.24, 2.45) is 0 Å². The van der Waals surface area contributed by atoms with Gasteiger partial charge in [-0.3, -0.25) is 4.79 Å². The Bertz CT molecular complexity index is 849. The molecule has 0 bridgehead atoms. The summed E-state index contributed by atoms with van der Waals surface area (Å²) in [5, 5.41) is 4.05. The van der Waals surface area contributed by atoms with Crippen LogP contribution in [-0.4, -0.2) is 19.1 Å². The van der Waals surface area contributed by atoms with Crippen molar-refractivity contribution in [1.29, 1.82) is 0 Å². The van der Waals surface area contributed by atoms with Crippen LogP contribution in [0.3, 0.4) is 0 Å². The number of hydrogen-bond acceptors (Lipinski definition) is 3. The van der Waals surface area contributed by atoms with E-state index >= 15 is 0 Å². The Morgan fingerprint density at radius 1 is 1.17 bits per heavy atom. The molecule has 0 fully saturated rings. The van der Waals surface area contributed by atoms with Gasteiger partial charge in [0, 0.05) is 10.1 Å². The van der Waals surface area contributed by atoms with Gasteiger partial charge in [0.05, 0.1) is 11.6 Å². The average molecular weight is 350 g/mol. The van der Waals surface area contributed by atoms with Crippen molar-refractivity contribution in [1.82, 2.24) is 5.32 Å². The van der Waals surface area contributed by atoms with Crippen LogP contribution in [0.4, 0.5) is 4.39 Å². The van der Waals surface area contributed by atoms with Gasteiger partial charge in [-0.2, -0.15) is 0 Å². The summed E-state index contributed by atoms with van der Waals surface area (Å²) in [6.45, 7) is 0.437. The van der Waals surface area contributed by atoms with Crippen LogP contribution in [0.15, 0.2) is 48.5 Å². The fourth-order valence-corrected chi connectivity index (χ4v) is 3.56. The van der Waals surface area contributed by atoms with E-state index in [2.05, 4.69) is 5.32 Å². The Kier molecular flexibility index (Phi) is 4.79. The molecule has 0 unspecified atom stereocenters. The van der Waals surface area contributed by atoms with Crippen LogP contribution < -0.4 is 10.1 Å². The van der Waals surface area contributed by atoms with Gasteiger partial charge in [-0.05, 0) is 18.2 Å². The molecular weight excluding hydrogens is 337 g/mol. The van der Waals surface area contributed by atoms with E-state index in [4.69, 9.17) is 16.3 Å². The van der Waals surface area contributed by atoms with E-state index in [1.54, 1.807) is 18.2 Å². The standard InChI is InChI=1S/C17H13ClFNO2S/c18-15-11-5-1-4-8-14(11)23-16(15)17(21)20-9-10-22-13-7-3-2-6-12(13)19/h1-8H,9-10H2,(H,20,21). The number of amides is 1. The van der Waals surface area contributed by atoms with Crippen LogP contribution in [0, 0.1) is 5.82 Å². The number of nitrogens with one attached hydrogen (secondary N) is 1. The quantitative estimate of drug-likeness (QED) is 0.688. The Balaban J connectivity index is 1.59. The number of benzene rings is 2. The highest BCUT2D eigenvalue weighted by atomic mass is 35.5. The second kappa shape index (κ2) is 6.98. The molecule has 6 heteroatoms. The van der Waals surface area contributed by atoms with E-state index in [9.17, 15) is 9.18 Å². The molecule has 0 aliphatic carbocycles. The number of para-hydroxylation sites is 1. The normalized spacial score (nSPS) is 10.7. The lowest BCUT2D eigenvalue weighted by Gasteiger charge is -2.07. The van der Waals surface area contributed by atoms with Gasteiger partial charge in [-0.25, -0.2) is 4.39 Å². The second-order valence-corrected chi connectivity index (χ2v) is 6.21. The molecule has 1 N–H and O–H groups in total. The van der Waals surface area contributed by atoms with Gasteiger partial charge < -0.3 is 10.1 Å². The van der Waals surface area contributed by atoms with Crippen LogP contribution in [0.5, 0.6) is 5.75 Å². The van der Waals surface area contributed by atoms with Gasteiger partial charge >= 0.3 is 0 Å². The number of carbonyl (C=O) groups is 1. The van der Waals surface area contributed by atoms with E-state index in [0.29, 0.717) is 9.90 Å². The van der Waals surface area contributed by atoms with E-state index in [1.807, 2.05) is 24.3 Å². The number of fused-ring (bicyclic) bond motifs is 1. The molecule has 0 saturated carbocycles. The van der Waals surface area contributed by atoms with E-state index in [-0.39, 0.29) is 24.8 Å². The molecule has 118 valence electrons. The molecule has 0 spiro atoms. The number of halogens is 2. The molecule has 1 heterocycles. The number of hydrogen-bond donors (Lipinski definition) is 1. The summed E-state index contributed by atoms with van der Waals surface area (Å²) in [4.78, 5) is 12.7. The third-order valence-electron chi connectivity index (χ3n) is 3.22. The highest BCUT2D eigenvalue weighted by Gasteiger charge is 2.16. The first-order valence-electron chi connectivity index (χ1n) is 6.99. The molecule has 0 atom stereocenters. The maximum absolute atomic E-state index is 13.4. The number of rotatable bonds is 5. The van der Waals surface area contributed by atoms with Gasteiger partial charge in [0.1, 0.15) is 11.5 Å². The number of ether oxygens (including phenoxy) is 1. The highest BCUT2D eigenvalue weighted by Crippen LogP contribution is 2.34. The van der Waals surface area contributed by atoms with Gasteiger partial charge in [0.15, 0.2) is 11.6 Å². The first kappa shape index (κ1) is 15.8. The molecule has 2 aromatic carbocycles. The van der Waals surface area contributed by atoms with Gasteiger partial charge in [-0.15, -0.1) is 11.3 Å². The van der Waals surface area contributed by atoms with Crippen molar-refractivity contribution < 1.29 is 13.9 Å². The second-order valence-electron chi connectivity index (χ2n) is 4.78. The Morgan fingerprint density at radius 3 is 2.70 bits per heavy atom. The zero-order chi connectivity index (χ0) is 16.2. The van der Waals surface area contributed by atoms with E-state index < -0.39 is 5.82 Å². The summed E-state index contributed by atoms with van der Waals surface area (Å²) in [7, 11) is 0. The molecule has 1 aromatic heterocycles. The zero-order valence-corrected chi connectivity index (χ0v) is 13.6. The largest absolute Gasteiger partial charge is 0.489 e. The monoisotopic (exact) mass is 349 g/mol. The van der Waals surface area contributed by atoms with Crippen LogP contribution in [-0.2, 0) is 0 Å². The van der Waals surface area contributed by atoms with Crippen molar-refractivity contribution in [3.63, 3.8) is 0 Å². The first-order chi connectivity index (χ1) is 11.2. The smallest absolute Gasteiger partial charge is 0.263 e. The maximum Gasteiger partial charge on any atom is 0.263 e. The lowest BCUT2D eigenvalue weighted by molar-refractivity contribution is 0.0951. The van der Waals surface area contributed by atoms with Crippen LogP contribution in [0.1, 0.15) is 9.67 Å². The average Bonchev–Trinajstić information content (AvgIpc) is 2.90. The topological polar surface area (TPSA) is 38.3 Å². The van der Waals surface area contributed by atoms with Crippen LogP contribution >= 0.6 is 22.9 Å². The van der Waals surface area contributed by atoms with Gasteiger partial charge in [-0.1, -0.05) is 41.9 Å². The Labute approximate surface area is 141 Å². The molecule has 23 heavy (non-hydrogen) atoms. The van der Waals surface area contributed by atoms with Gasteiger partial charge in [0.25, 0.3) is 5.91 Å². The third-order valence-corrected chi connectivity index (χ3v) is 4.90. The lowest BCUT2D eigenvalue weighted by Crippen LogP contribution is -2.27. The van der Waals surface area contributed by atoms with Crippen molar-refractivity contribution in [3.8, 4) is 5.75 Å². The zero-order valence-electron chi connectivity index (χ0n) is 12.0. The minimum atomic E-state index is -0.425. The molecule has 0 radical (unpaired) electrons. The summed E-state index contributed by atoms with van der Waals surface area (Å²) in [6.07, 6.45) is 0. The number of thiophene rings is 1. The maximum atomic E-state index is 13.4. The van der Waals surface area contributed by atoms with Crippen molar-refractivity contribution in [2.45, 2.75) is 0 Å². The van der Waals surface area contributed by atoms with Crippen LogP contribution in [0.25, 0.3) is 10.1 Å². The molecule has 1 amide bonds. The number of carbonyl (C=O) groups excluding carboxylic acids is 1. The minimum absolute atomic E-state index is 0.168. The Morgan fingerprint density at radius 2 is 1.91 bits per heavy atom. The summed E-state index contributed by atoms with van der Waals surface area (Å²) in [6, 6.07) is 13.7. The molecule has 0 saturated heterocycles. The highest BCUT2D eigenvalue weighted by molar-refractivity contribution is 7.21. The summed E-state index contributed by atoms with van der Waals surface area (Å²) in [5.74, 6) is -0.513. The molecular formula is C17H13ClFNO2S. The molecule has 0 aliphatic rings. The van der Waals surface area contributed by atoms with E-state index in [0.717, 1.165) is 10.1 Å². The Hall–Kier alpha value is -2.11. The minimum Gasteiger partial charge on any atom is -0.489 e. The molecule has 3 aromatic rings. The molecule has 3 rings (SSSR count). The summed E-state index contributed by atoms with van der Waals surface area (Å²) >= 11 is 7.59. The fraction of sp³-hybridized carbons (Fsp3) is 0.118. The predicted molar refractivity (Wildman–Crippen MR) is 91.1 cm³/mol. The summed E-state index contributed by atoms with van der Waals surface area (Å²) < 4.78 is 19.6. The first-order valence-corrected chi connectivity index (χ1v) is 8.19. The van der Waals surface area contributed by atoms with Crippen molar-refractivity contribution in [3.05, 3.63) is 64.2 Å². The third kappa shape index (κ3) is 3.46. The fourth-order valence-electron chi connectivity index (χ4n) is 2.13. The SMILES string of the molecule is O=C(NCCOc1ccccc1F)c1sc2ccccc2c1Cl. The lowest BCUT2D eigenvalue weighted by atomic mass is 10.2.